The van der Waals surface area contributed by atoms with E-state index in [-0.39, 0.29) is 0 Å². The number of aromatic nitrogens is 4. The zero-order valence-corrected chi connectivity index (χ0v) is 17.6. The molecule has 0 saturated carbocycles. The van der Waals surface area contributed by atoms with Crippen molar-refractivity contribution < 1.29 is 0 Å². The Morgan fingerprint density at radius 1 is 1.03 bits per heavy atom. The fourth-order valence-corrected chi connectivity index (χ4v) is 4.74. The Morgan fingerprint density at radius 3 is 2.73 bits per heavy atom. The van der Waals surface area contributed by atoms with Crippen LogP contribution >= 0.6 is 0 Å². The van der Waals surface area contributed by atoms with Gasteiger partial charge in [-0.05, 0) is 62.6 Å². The third-order valence-corrected chi connectivity index (χ3v) is 6.10. The highest BCUT2D eigenvalue weighted by Gasteiger charge is 2.25. The van der Waals surface area contributed by atoms with Crippen LogP contribution in [0, 0.1) is 13.8 Å². The van der Waals surface area contributed by atoms with Gasteiger partial charge in [0.2, 0.25) is 0 Å². The van der Waals surface area contributed by atoms with Gasteiger partial charge in [-0.15, -0.1) is 0 Å². The average molecular weight is 398 g/mol. The summed E-state index contributed by atoms with van der Waals surface area (Å²) in [4.78, 5) is 11.4. The van der Waals surface area contributed by atoms with Gasteiger partial charge in [0.15, 0.2) is 5.65 Å². The lowest BCUT2D eigenvalue weighted by molar-refractivity contribution is 0.197. The highest BCUT2D eigenvalue weighted by atomic mass is 15.3. The average Bonchev–Trinajstić information content (AvgIpc) is 3.10. The maximum absolute atomic E-state index is 4.90. The lowest BCUT2D eigenvalue weighted by Gasteiger charge is -2.33. The maximum atomic E-state index is 4.90. The van der Waals surface area contributed by atoms with E-state index in [0.717, 1.165) is 42.1 Å². The number of hydrogen-bond acceptors (Lipinski definition) is 4. The Bertz CT molecular complexity index is 1160. The monoisotopic (exact) mass is 397 g/mol. The van der Waals surface area contributed by atoms with E-state index in [1.165, 1.54) is 29.7 Å². The number of pyridine rings is 1. The van der Waals surface area contributed by atoms with Gasteiger partial charge >= 0.3 is 0 Å². The molecule has 0 aliphatic carbocycles. The Hall–Kier alpha value is -3.05. The minimum Gasteiger partial charge on any atom is -0.298 e. The summed E-state index contributed by atoms with van der Waals surface area (Å²) in [7, 11) is 0. The van der Waals surface area contributed by atoms with Crippen molar-refractivity contribution in [1.29, 1.82) is 0 Å². The Morgan fingerprint density at radius 2 is 1.90 bits per heavy atom. The quantitative estimate of drug-likeness (QED) is 0.497. The van der Waals surface area contributed by atoms with E-state index < -0.39 is 0 Å². The molecule has 1 aliphatic rings. The third kappa shape index (κ3) is 3.61. The fourth-order valence-electron chi connectivity index (χ4n) is 4.74. The van der Waals surface area contributed by atoms with Crippen LogP contribution in [0.3, 0.4) is 0 Å². The van der Waals surface area contributed by atoms with Crippen molar-refractivity contribution in [2.45, 2.75) is 39.2 Å². The highest BCUT2D eigenvalue weighted by Crippen LogP contribution is 2.32. The number of aryl methyl sites for hydroxylation is 2. The SMILES string of the molecule is Cc1cccc(CN2CCCC(c3ccnc4c(-c5ccncc5)c(C)nn34)C2)c1. The molecule has 30 heavy (non-hydrogen) atoms. The summed E-state index contributed by atoms with van der Waals surface area (Å²) in [5.74, 6) is 0.457. The number of nitrogens with zero attached hydrogens (tertiary/aromatic N) is 5. The lowest BCUT2D eigenvalue weighted by atomic mass is 9.94. The topological polar surface area (TPSA) is 46.3 Å². The molecule has 3 aromatic heterocycles. The second kappa shape index (κ2) is 8.00. The van der Waals surface area contributed by atoms with E-state index in [1.54, 1.807) is 0 Å². The minimum atomic E-state index is 0.457. The van der Waals surface area contributed by atoms with E-state index >= 15 is 0 Å². The van der Waals surface area contributed by atoms with Crippen molar-refractivity contribution >= 4 is 5.65 Å². The van der Waals surface area contributed by atoms with E-state index in [2.05, 4.69) is 58.6 Å². The number of hydrogen-bond donors (Lipinski definition) is 0. The molecule has 0 spiro atoms. The molecule has 0 N–H and O–H groups in total. The number of benzene rings is 1. The van der Waals surface area contributed by atoms with Crippen LogP contribution in [0.25, 0.3) is 16.8 Å². The predicted octanol–water partition coefficient (Wildman–Crippen LogP) is 4.79. The molecule has 1 fully saturated rings. The van der Waals surface area contributed by atoms with Crippen LogP contribution in [0.5, 0.6) is 0 Å². The van der Waals surface area contributed by atoms with Gasteiger partial charge in [-0.3, -0.25) is 9.88 Å². The van der Waals surface area contributed by atoms with Crippen LogP contribution in [0.1, 0.15) is 41.3 Å². The third-order valence-electron chi connectivity index (χ3n) is 6.10. The van der Waals surface area contributed by atoms with E-state index in [1.807, 2.05) is 30.7 Å². The summed E-state index contributed by atoms with van der Waals surface area (Å²) in [6, 6.07) is 15.1. The summed E-state index contributed by atoms with van der Waals surface area (Å²) in [5, 5.41) is 4.90. The molecule has 5 rings (SSSR count). The van der Waals surface area contributed by atoms with E-state index in [4.69, 9.17) is 10.1 Å². The van der Waals surface area contributed by atoms with Crippen LogP contribution < -0.4 is 0 Å². The molecule has 0 bridgehead atoms. The van der Waals surface area contributed by atoms with Crippen LogP contribution in [-0.2, 0) is 6.54 Å². The van der Waals surface area contributed by atoms with Gasteiger partial charge < -0.3 is 0 Å². The molecule has 5 nitrogen and oxygen atoms in total. The van der Waals surface area contributed by atoms with E-state index in [9.17, 15) is 0 Å². The van der Waals surface area contributed by atoms with Gasteiger partial charge in [-0.2, -0.15) is 5.10 Å². The standard InChI is InChI=1S/C25H27N5/c1-18-5-3-6-20(15-18)16-29-14-4-7-22(17-29)23-10-13-27-25-24(19(2)28-30(23)25)21-8-11-26-12-9-21/h3,5-6,8-13,15,22H,4,7,14,16-17H2,1-2H3. The van der Waals surface area contributed by atoms with Gasteiger partial charge in [0.25, 0.3) is 0 Å². The first-order valence-corrected chi connectivity index (χ1v) is 10.7. The van der Waals surface area contributed by atoms with Crippen LogP contribution in [0.4, 0.5) is 0 Å². The Labute approximate surface area is 177 Å². The Balaban J connectivity index is 1.46. The fraction of sp³-hybridized carbons (Fsp3) is 0.320. The molecule has 5 heteroatoms. The molecule has 0 amide bonds. The second-order valence-electron chi connectivity index (χ2n) is 8.36. The number of likely N-dealkylation sites (tertiary alicyclic amines) is 1. The normalized spacial score (nSPS) is 17.5. The summed E-state index contributed by atoms with van der Waals surface area (Å²) in [5.41, 5.74) is 8.15. The summed E-state index contributed by atoms with van der Waals surface area (Å²) >= 11 is 0. The zero-order chi connectivity index (χ0) is 20.5. The maximum Gasteiger partial charge on any atom is 0.163 e. The van der Waals surface area contributed by atoms with Crippen LogP contribution in [-0.4, -0.2) is 37.6 Å². The van der Waals surface area contributed by atoms with Gasteiger partial charge in [0.1, 0.15) is 0 Å². The largest absolute Gasteiger partial charge is 0.298 e. The highest BCUT2D eigenvalue weighted by molar-refractivity contribution is 5.79. The van der Waals surface area contributed by atoms with Gasteiger partial charge in [-0.25, -0.2) is 9.50 Å². The molecule has 0 radical (unpaired) electrons. The summed E-state index contributed by atoms with van der Waals surface area (Å²) < 4.78 is 2.08. The predicted molar refractivity (Wildman–Crippen MR) is 119 cm³/mol. The molecule has 1 aliphatic heterocycles. The first-order valence-electron chi connectivity index (χ1n) is 10.7. The van der Waals surface area contributed by atoms with Crippen molar-refractivity contribution in [1.82, 2.24) is 24.5 Å². The van der Waals surface area contributed by atoms with Crippen molar-refractivity contribution in [3.05, 3.63) is 83.6 Å². The Kier molecular flexibility index (Phi) is 5.05. The summed E-state index contributed by atoms with van der Waals surface area (Å²) in [6.07, 6.45) is 7.99. The van der Waals surface area contributed by atoms with Crippen molar-refractivity contribution in [3.8, 4) is 11.1 Å². The molecule has 1 unspecified atom stereocenters. The van der Waals surface area contributed by atoms with Gasteiger partial charge in [0, 0.05) is 43.2 Å². The minimum absolute atomic E-state index is 0.457. The van der Waals surface area contributed by atoms with Crippen LogP contribution in [0.15, 0.2) is 61.1 Å². The van der Waals surface area contributed by atoms with Crippen molar-refractivity contribution in [2.24, 2.45) is 0 Å². The first kappa shape index (κ1) is 18.9. The summed E-state index contributed by atoms with van der Waals surface area (Å²) in [6.45, 7) is 7.44. The molecule has 1 aromatic carbocycles. The number of fused-ring (bicyclic) bond motifs is 1. The molecular formula is C25H27N5. The molecule has 1 saturated heterocycles. The van der Waals surface area contributed by atoms with Crippen molar-refractivity contribution in [2.75, 3.05) is 13.1 Å². The zero-order valence-electron chi connectivity index (χ0n) is 17.6. The lowest BCUT2D eigenvalue weighted by Crippen LogP contribution is -2.34. The second-order valence-corrected chi connectivity index (χ2v) is 8.36. The van der Waals surface area contributed by atoms with Crippen molar-refractivity contribution in [3.63, 3.8) is 0 Å². The number of piperidine rings is 1. The molecule has 1 atom stereocenters. The molecule has 4 aromatic rings. The first-order chi connectivity index (χ1) is 14.7. The van der Waals surface area contributed by atoms with Crippen LogP contribution in [0.2, 0.25) is 0 Å². The molecule has 152 valence electrons. The van der Waals surface area contributed by atoms with Gasteiger partial charge in [-0.1, -0.05) is 29.8 Å². The molecular weight excluding hydrogens is 370 g/mol. The number of rotatable bonds is 4. The van der Waals surface area contributed by atoms with E-state index in [0.29, 0.717) is 5.92 Å². The van der Waals surface area contributed by atoms with Gasteiger partial charge in [0.05, 0.1) is 11.4 Å². The smallest absolute Gasteiger partial charge is 0.163 e. The molecule has 4 heterocycles.